The first-order valence-corrected chi connectivity index (χ1v) is 6.60. The summed E-state index contributed by atoms with van der Waals surface area (Å²) in [5.41, 5.74) is -0.105. The average Bonchev–Trinajstić information content (AvgIpc) is 2.27. The number of rotatable bonds is 7. The average molecular weight is 268 g/mol. The molecule has 0 N–H and O–H groups in total. The van der Waals surface area contributed by atoms with Gasteiger partial charge in [-0.15, -0.1) is 0 Å². The summed E-state index contributed by atoms with van der Waals surface area (Å²) < 4.78 is 4.84. The van der Waals surface area contributed by atoms with Crippen LogP contribution in [0.2, 0.25) is 0 Å². The van der Waals surface area contributed by atoms with E-state index in [0.717, 1.165) is 0 Å². The molecule has 0 spiro atoms. The van der Waals surface area contributed by atoms with Gasteiger partial charge in [0.25, 0.3) is 0 Å². The van der Waals surface area contributed by atoms with Crippen LogP contribution in [0.15, 0.2) is 0 Å². The molecule has 0 saturated heterocycles. The van der Waals surface area contributed by atoms with Crippen LogP contribution in [0.4, 0.5) is 0 Å². The molecule has 1 amide bonds. The zero-order chi connectivity index (χ0) is 14.9. The third-order valence-electron chi connectivity index (χ3n) is 2.42. The molecule has 0 bridgehead atoms. The second kappa shape index (κ2) is 8.52. The number of carbonyl (C=O) groups excluding carboxylic acids is 2. The molecular weight excluding hydrogens is 244 g/mol. The molecule has 0 radical (unpaired) electrons. The highest BCUT2D eigenvalue weighted by atomic mass is 16.5. The molecule has 5 nitrogen and oxygen atoms in total. The van der Waals surface area contributed by atoms with Crippen LogP contribution >= 0.6 is 0 Å². The van der Waals surface area contributed by atoms with E-state index in [1.807, 2.05) is 26.8 Å². The predicted molar refractivity (Wildman–Crippen MR) is 72.1 cm³/mol. The van der Waals surface area contributed by atoms with E-state index in [0.29, 0.717) is 26.1 Å². The lowest BCUT2D eigenvalue weighted by atomic mass is 9.91. The van der Waals surface area contributed by atoms with Crippen molar-refractivity contribution >= 4 is 11.9 Å². The Morgan fingerprint density at radius 3 is 2.37 bits per heavy atom. The highest BCUT2D eigenvalue weighted by molar-refractivity contribution is 5.77. The Kier molecular flexibility index (Phi) is 7.81. The lowest BCUT2D eigenvalue weighted by Crippen LogP contribution is -2.36. The number of esters is 1. The van der Waals surface area contributed by atoms with Gasteiger partial charge in [-0.25, -0.2) is 0 Å². The van der Waals surface area contributed by atoms with Crippen LogP contribution in [-0.4, -0.2) is 36.5 Å². The van der Waals surface area contributed by atoms with Gasteiger partial charge in [0.15, 0.2) is 0 Å². The van der Waals surface area contributed by atoms with E-state index in [1.54, 1.807) is 11.8 Å². The molecule has 0 atom stereocenters. The van der Waals surface area contributed by atoms with Crippen molar-refractivity contribution in [3.8, 4) is 6.07 Å². The van der Waals surface area contributed by atoms with Gasteiger partial charge in [0.2, 0.25) is 5.91 Å². The summed E-state index contributed by atoms with van der Waals surface area (Å²) in [5, 5.41) is 8.61. The van der Waals surface area contributed by atoms with Gasteiger partial charge in [-0.2, -0.15) is 5.26 Å². The summed E-state index contributed by atoms with van der Waals surface area (Å²) in [5.74, 6) is -0.333. The molecule has 0 saturated carbocycles. The van der Waals surface area contributed by atoms with Crippen molar-refractivity contribution in [2.75, 3.05) is 19.7 Å². The third-order valence-corrected chi connectivity index (χ3v) is 2.42. The quantitative estimate of drug-likeness (QED) is 0.663. The highest BCUT2D eigenvalue weighted by Crippen LogP contribution is 2.20. The number of hydrogen-bond donors (Lipinski definition) is 0. The van der Waals surface area contributed by atoms with Crippen LogP contribution in [0.25, 0.3) is 0 Å². The van der Waals surface area contributed by atoms with E-state index in [2.05, 4.69) is 0 Å². The van der Waals surface area contributed by atoms with Crippen molar-refractivity contribution in [3.63, 3.8) is 0 Å². The molecule has 0 aliphatic carbocycles. The van der Waals surface area contributed by atoms with Gasteiger partial charge in [-0.1, -0.05) is 20.8 Å². The van der Waals surface area contributed by atoms with Gasteiger partial charge in [0.05, 0.1) is 25.5 Å². The van der Waals surface area contributed by atoms with E-state index in [9.17, 15) is 9.59 Å². The van der Waals surface area contributed by atoms with Gasteiger partial charge in [0, 0.05) is 19.5 Å². The first kappa shape index (κ1) is 17.4. The molecule has 0 rings (SSSR count). The van der Waals surface area contributed by atoms with Crippen molar-refractivity contribution in [2.45, 2.75) is 47.0 Å². The van der Waals surface area contributed by atoms with Crippen LogP contribution < -0.4 is 0 Å². The standard InChI is InChI=1S/C14H24N2O3/c1-5-19-13(18)7-10-16(9-6-8-15)12(17)11-14(2,3)4/h5-7,9-11H2,1-4H3. The number of nitriles is 1. The number of amides is 1. The molecular formula is C14H24N2O3. The minimum atomic E-state index is -0.312. The lowest BCUT2D eigenvalue weighted by Gasteiger charge is -2.25. The van der Waals surface area contributed by atoms with Crippen molar-refractivity contribution in [2.24, 2.45) is 5.41 Å². The van der Waals surface area contributed by atoms with Crippen molar-refractivity contribution in [1.82, 2.24) is 4.90 Å². The lowest BCUT2D eigenvalue weighted by molar-refractivity contribution is -0.144. The fourth-order valence-corrected chi connectivity index (χ4v) is 1.57. The van der Waals surface area contributed by atoms with Crippen LogP contribution in [-0.2, 0) is 14.3 Å². The minimum Gasteiger partial charge on any atom is -0.466 e. The molecule has 19 heavy (non-hydrogen) atoms. The van der Waals surface area contributed by atoms with Crippen molar-refractivity contribution in [3.05, 3.63) is 0 Å². The highest BCUT2D eigenvalue weighted by Gasteiger charge is 2.21. The molecule has 0 aromatic carbocycles. The number of nitrogens with zero attached hydrogens (tertiary/aromatic N) is 2. The Morgan fingerprint density at radius 1 is 1.26 bits per heavy atom. The summed E-state index contributed by atoms with van der Waals surface area (Å²) in [4.78, 5) is 25.0. The van der Waals surface area contributed by atoms with Crippen molar-refractivity contribution in [1.29, 1.82) is 5.26 Å². The largest absolute Gasteiger partial charge is 0.466 e. The monoisotopic (exact) mass is 268 g/mol. The Morgan fingerprint density at radius 2 is 1.89 bits per heavy atom. The molecule has 0 unspecified atom stereocenters. The first-order chi connectivity index (χ1) is 8.80. The van der Waals surface area contributed by atoms with Gasteiger partial charge in [-0.3, -0.25) is 9.59 Å². The number of carbonyl (C=O) groups is 2. The zero-order valence-corrected chi connectivity index (χ0v) is 12.4. The van der Waals surface area contributed by atoms with E-state index in [4.69, 9.17) is 10.00 Å². The molecule has 0 fully saturated rings. The van der Waals surface area contributed by atoms with E-state index < -0.39 is 0 Å². The maximum atomic E-state index is 12.1. The van der Waals surface area contributed by atoms with Crippen LogP contribution in [0, 0.1) is 16.7 Å². The Balaban J connectivity index is 4.41. The second-order valence-corrected chi connectivity index (χ2v) is 5.58. The molecule has 0 heterocycles. The predicted octanol–water partition coefficient (Wildman–Crippen LogP) is 2.12. The Labute approximate surface area is 115 Å². The summed E-state index contributed by atoms with van der Waals surface area (Å²) >= 11 is 0. The maximum Gasteiger partial charge on any atom is 0.307 e. The fraction of sp³-hybridized carbons (Fsp3) is 0.786. The van der Waals surface area contributed by atoms with Gasteiger partial charge in [-0.05, 0) is 12.3 Å². The third kappa shape index (κ3) is 9.06. The summed E-state index contributed by atoms with van der Waals surface area (Å²) in [6, 6.07) is 2.02. The smallest absolute Gasteiger partial charge is 0.307 e. The number of ether oxygens (including phenoxy) is 1. The van der Waals surface area contributed by atoms with Crippen LogP contribution in [0.3, 0.4) is 0 Å². The normalized spacial score (nSPS) is 10.7. The Hall–Kier alpha value is -1.57. The Bertz CT molecular complexity index is 340. The molecule has 0 aromatic heterocycles. The number of hydrogen-bond acceptors (Lipinski definition) is 4. The zero-order valence-electron chi connectivity index (χ0n) is 12.4. The summed E-state index contributed by atoms with van der Waals surface area (Å²) in [7, 11) is 0. The summed E-state index contributed by atoms with van der Waals surface area (Å²) in [6.07, 6.45) is 0.856. The van der Waals surface area contributed by atoms with E-state index in [1.165, 1.54) is 0 Å². The van der Waals surface area contributed by atoms with Gasteiger partial charge in [0.1, 0.15) is 0 Å². The van der Waals surface area contributed by atoms with Gasteiger partial charge < -0.3 is 9.64 Å². The van der Waals surface area contributed by atoms with Crippen molar-refractivity contribution < 1.29 is 14.3 Å². The molecule has 0 aliphatic heterocycles. The van der Waals surface area contributed by atoms with Gasteiger partial charge >= 0.3 is 5.97 Å². The molecule has 0 aliphatic rings. The molecule has 0 aromatic rings. The topological polar surface area (TPSA) is 70.4 Å². The van der Waals surface area contributed by atoms with E-state index >= 15 is 0 Å². The fourth-order valence-electron chi connectivity index (χ4n) is 1.57. The SMILES string of the molecule is CCOC(=O)CCN(CCC#N)C(=O)CC(C)(C)C. The van der Waals surface area contributed by atoms with Crippen LogP contribution in [0.5, 0.6) is 0 Å². The first-order valence-electron chi connectivity index (χ1n) is 6.60. The summed E-state index contributed by atoms with van der Waals surface area (Å²) in [6.45, 7) is 8.72. The maximum absolute atomic E-state index is 12.1. The molecule has 5 heteroatoms. The second-order valence-electron chi connectivity index (χ2n) is 5.58. The van der Waals surface area contributed by atoms with E-state index in [-0.39, 0.29) is 30.1 Å². The minimum absolute atomic E-state index is 0.0213. The molecule has 108 valence electrons. The van der Waals surface area contributed by atoms with Crippen LogP contribution in [0.1, 0.15) is 47.0 Å².